The van der Waals surface area contributed by atoms with Crippen LogP contribution in [-0.2, 0) is 0 Å². The van der Waals surface area contributed by atoms with Crippen molar-refractivity contribution in [1.29, 1.82) is 0 Å². The number of amides is 1. The molecular weight excluding hydrogens is 206 g/mol. The zero-order chi connectivity index (χ0) is 11.5. The number of pyridine rings is 1. The van der Waals surface area contributed by atoms with E-state index in [0.717, 1.165) is 12.8 Å². The van der Waals surface area contributed by atoms with Crippen LogP contribution in [0.5, 0.6) is 0 Å². The molecule has 0 spiro atoms. The lowest BCUT2D eigenvalue weighted by atomic mass is 10.2. The quantitative estimate of drug-likeness (QED) is 0.683. The standard InChI is InChI=1S/C11H14N3O2/c12-11(16)9-2-1-3-10(14-9)13-7-4-5-8(15)6-7/h1,3,7-8,15H,4-6H2,(H2,12,16)(H,13,14)/t7-,8+/m1/s1. The molecule has 1 amide bonds. The molecule has 0 unspecified atom stereocenters. The number of hydrogen-bond donors (Lipinski definition) is 3. The van der Waals surface area contributed by atoms with E-state index >= 15 is 0 Å². The lowest BCUT2D eigenvalue weighted by Crippen LogP contribution is -2.19. The molecule has 1 aromatic heterocycles. The highest BCUT2D eigenvalue weighted by atomic mass is 16.3. The number of anilines is 1. The topological polar surface area (TPSA) is 88.2 Å². The second-order valence-corrected chi connectivity index (χ2v) is 4.00. The summed E-state index contributed by atoms with van der Waals surface area (Å²) in [6.45, 7) is 0. The number of nitrogens with one attached hydrogen (secondary N) is 1. The molecule has 0 bridgehead atoms. The summed E-state index contributed by atoms with van der Waals surface area (Å²) in [5, 5.41) is 12.5. The average molecular weight is 220 g/mol. The zero-order valence-electron chi connectivity index (χ0n) is 8.81. The molecule has 0 saturated heterocycles. The number of aliphatic hydroxyl groups is 1. The van der Waals surface area contributed by atoms with Gasteiger partial charge in [-0.2, -0.15) is 0 Å². The van der Waals surface area contributed by atoms with Gasteiger partial charge in [-0.1, -0.05) is 0 Å². The summed E-state index contributed by atoms with van der Waals surface area (Å²) in [5.74, 6) is 0.0155. The molecule has 1 fully saturated rings. The average Bonchev–Trinajstić information content (AvgIpc) is 2.64. The molecule has 85 valence electrons. The predicted molar refractivity (Wildman–Crippen MR) is 58.9 cm³/mol. The smallest absolute Gasteiger partial charge is 0.268 e. The minimum absolute atomic E-state index is 0.128. The van der Waals surface area contributed by atoms with Crippen LogP contribution in [0, 0.1) is 6.07 Å². The highest BCUT2D eigenvalue weighted by Crippen LogP contribution is 2.22. The van der Waals surface area contributed by atoms with Gasteiger partial charge in [-0.3, -0.25) is 4.79 Å². The monoisotopic (exact) mass is 220 g/mol. The van der Waals surface area contributed by atoms with Gasteiger partial charge in [-0.05, 0) is 31.4 Å². The van der Waals surface area contributed by atoms with Crippen LogP contribution in [0.1, 0.15) is 29.8 Å². The number of hydrogen-bond acceptors (Lipinski definition) is 4. The second-order valence-electron chi connectivity index (χ2n) is 4.00. The Morgan fingerprint density at radius 1 is 1.62 bits per heavy atom. The van der Waals surface area contributed by atoms with Crippen molar-refractivity contribution in [3.63, 3.8) is 0 Å². The Morgan fingerprint density at radius 2 is 2.44 bits per heavy atom. The van der Waals surface area contributed by atoms with Crippen LogP contribution in [0.2, 0.25) is 0 Å². The molecule has 1 aromatic rings. The first-order chi connectivity index (χ1) is 7.65. The van der Waals surface area contributed by atoms with Crippen LogP contribution in [0.3, 0.4) is 0 Å². The SMILES string of the molecule is NC(=O)c1[c]ccc(N[C@@H]2CC[C@H](O)C2)n1. The number of primary amides is 1. The molecule has 2 rings (SSSR count). The largest absolute Gasteiger partial charge is 0.393 e. The molecule has 16 heavy (non-hydrogen) atoms. The number of aliphatic hydroxyl groups excluding tert-OH is 1. The number of rotatable bonds is 3. The van der Waals surface area contributed by atoms with Crippen molar-refractivity contribution in [3.05, 3.63) is 23.9 Å². The summed E-state index contributed by atoms with van der Waals surface area (Å²) in [6.07, 6.45) is 2.20. The molecule has 5 nitrogen and oxygen atoms in total. The maximum Gasteiger partial charge on any atom is 0.268 e. The molecule has 1 aliphatic rings. The van der Waals surface area contributed by atoms with Gasteiger partial charge in [0, 0.05) is 12.1 Å². The molecule has 1 saturated carbocycles. The molecule has 1 aliphatic carbocycles. The summed E-state index contributed by atoms with van der Waals surface area (Å²) in [6, 6.07) is 6.23. The molecule has 1 heterocycles. The van der Waals surface area contributed by atoms with Gasteiger partial charge < -0.3 is 16.2 Å². The minimum atomic E-state index is -0.588. The highest BCUT2D eigenvalue weighted by molar-refractivity contribution is 5.90. The molecule has 2 atom stereocenters. The Labute approximate surface area is 93.7 Å². The number of carbonyl (C=O) groups excluding carboxylic acids is 1. The fourth-order valence-electron chi connectivity index (χ4n) is 1.89. The van der Waals surface area contributed by atoms with E-state index in [2.05, 4.69) is 16.4 Å². The van der Waals surface area contributed by atoms with Crippen molar-refractivity contribution in [2.45, 2.75) is 31.4 Å². The van der Waals surface area contributed by atoms with Crippen molar-refractivity contribution in [1.82, 2.24) is 4.98 Å². The van der Waals surface area contributed by atoms with Crippen molar-refractivity contribution in [3.8, 4) is 0 Å². The molecule has 5 heteroatoms. The summed E-state index contributed by atoms with van der Waals surface area (Å²) >= 11 is 0. The van der Waals surface area contributed by atoms with Gasteiger partial charge in [0.2, 0.25) is 0 Å². The van der Waals surface area contributed by atoms with E-state index in [1.54, 1.807) is 12.1 Å². The third kappa shape index (κ3) is 2.49. The molecular formula is C11H14N3O2. The number of nitrogens with two attached hydrogens (primary N) is 1. The van der Waals surface area contributed by atoms with Crippen molar-refractivity contribution >= 4 is 11.7 Å². The Kier molecular flexibility index (Phi) is 3.05. The lowest BCUT2D eigenvalue weighted by molar-refractivity contribution is 0.0995. The molecule has 0 aromatic carbocycles. The van der Waals surface area contributed by atoms with Gasteiger partial charge in [-0.25, -0.2) is 4.98 Å². The second kappa shape index (κ2) is 4.49. The van der Waals surface area contributed by atoms with E-state index < -0.39 is 5.91 Å². The van der Waals surface area contributed by atoms with Gasteiger partial charge >= 0.3 is 0 Å². The van der Waals surface area contributed by atoms with Crippen molar-refractivity contribution in [2.24, 2.45) is 5.73 Å². The minimum Gasteiger partial charge on any atom is -0.393 e. The van der Waals surface area contributed by atoms with E-state index in [1.807, 2.05) is 0 Å². The van der Waals surface area contributed by atoms with Crippen LogP contribution in [0.25, 0.3) is 0 Å². The fraction of sp³-hybridized carbons (Fsp3) is 0.455. The van der Waals surface area contributed by atoms with E-state index in [4.69, 9.17) is 5.73 Å². The van der Waals surface area contributed by atoms with Gasteiger partial charge in [0.1, 0.15) is 11.5 Å². The maximum absolute atomic E-state index is 10.9. The van der Waals surface area contributed by atoms with E-state index in [0.29, 0.717) is 12.2 Å². The first-order valence-corrected chi connectivity index (χ1v) is 5.28. The van der Waals surface area contributed by atoms with Crippen LogP contribution >= 0.6 is 0 Å². The van der Waals surface area contributed by atoms with Crippen LogP contribution < -0.4 is 11.1 Å². The third-order valence-electron chi connectivity index (χ3n) is 2.68. The first kappa shape index (κ1) is 10.9. The van der Waals surface area contributed by atoms with Gasteiger partial charge in [0.15, 0.2) is 0 Å². The molecule has 1 radical (unpaired) electrons. The maximum atomic E-state index is 10.9. The van der Waals surface area contributed by atoms with E-state index in [1.165, 1.54) is 0 Å². The molecule has 4 N–H and O–H groups in total. The van der Waals surface area contributed by atoms with Crippen molar-refractivity contribution in [2.75, 3.05) is 5.32 Å². The summed E-state index contributed by atoms with van der Waals surface area (Å²) < 4.78 is 0. The number of carbonyl (C=O) groups is 1. The first-order valence-electron chi connectivity index (χ1n) is 5.28. The summed E-state index contributed by atoms with van der Waals surface area (Å²) in [5.41, 5.74) is 5.24. The molecule has 0 aliphatic heterocycles. The van der Waals surface area contributed by atoms with Gasteiger partial charge in [0.05, 0.1) is 6.10 Å². The Hall–Kier alpha value is -1.62. The summed E-state index contributed by atoms with van der Waals surface area (Å²) in [4.78, 5) is 14.9. The Morgan fingerprint density at radius 3 is 3.06 bits per heavy atom. The Bertz CT molecular complexity index is 395. The lowest BCUT2D eigenvalue weighted by Gasteiger charge is -2.12. The van der Waals surface area contributed by atoms with Gasteiger partial charge in [0.25, 0.3) is 5.91 Å². The zero-order valence-corrected chi connectivity index (χ0v) is 8.81. The fourth-order valence-corrected chi connectivity index (χ4v) is 1.89. The predicted octanol–water partition coefficient (Wildman–Crippen LogP) is 0.306. The third-order valence-corrected chi connectivity index (χ3v) is 2.68. The highest BCUT2D eigenvalue weighted by Gasteiger charge is 2.22. The Balaban J connectivity index is 2.04. The number of nitrogens with zero attached hydrogens (tertiary/aromatic N) is 1. The van der Waals surface area contributed by atoms with E-state index in [-0.39, 0.29) is 17.8 Å². The normalized spacial score (nSPS) is 24.3. The van der Waals surface area contributed by atoms with Crippen LogP contribution in [-0.4, -0.2) is 28.1 Å². The van der Waals surface area contributed by atoms with Crippen molar-refractivity contribution < 1.29 is 9.90 Å². The van der Waals surface area contributed by atoms with Crippen LogP contribution in [0.4, 0.5) is 5.82 Å². The number of aromatic nitrogens is 1. The van der Waals surface area contributed by atoms with Crippen LogP contribution in [0.15, 0.2) is 12.1 Å². The van der Waals surface area contributed by atoms with E-state index in [9.17, 15) is 9.90 Å². The summed E-state index contributed by atoms with van der Waals surface area (Å²) in [7, 11) is 0. The van der Waals surface area contributed by atoms with Gasteiger partial charge in [-0.15, -0.1) is 0 Å².